The van der Waals surface area contributed by atoms with Gasteiger partial charge in [-0.2, -0.15) is 5.48 Å². The molecule has 188 valence electrons. The van der Waals surface area contributed by atoms with Crippen molar-refractivity contribution in [3.63, 3.8) is 0 Å². The summed E-state index contributed by atoms with van der Waals surface area (Å²) in [5.74, 6) is -5.35. The Labute approximate surface area is 204 Å². The molecule has 1 aromatic rings. The Morgan fingerprint density at radius 3 is 2.51 bits per heavy atom. The van der Waals surface area contributed by atoms with E-state index in [1.165, 1.54) is 6.92 Å². The summed E-state index contributed by atoms with van der Waals surface area (Å²) in [5, 5.41) is 22.5. The molecule has 3 N–H and O–H groups in total. The summed E-state index contributed by atoms with van der Waals surface area (Å²) >= 11 is 0. The van der Waals surface area contributed by atoms with E-state index >= 15 is 0 Å². The standard InChI is InChI=1S/C27H33NO7/c1-6-15-8-17(11-28-35-12(2)3)23(30)22-19(15)10-16-9-18-7-13(4)20(14(5)29)25(32)27(18,34)26(33)21(16)24(22)31/h8,12,16,18,21,28,30,34H,6-7,9-11H2,1-5H3/t16-,18-,21?,27-/m1/s1. The molecule has 1 fully saturated rings. The third kappa shape index (κ3) is 3.88. The molecular formula is C27H33NO7. The molecule has 3 aliphatic rings. The number of carbonyl (C=O) groups is 4. The van der Waals surface area contributed by atoms with Gasteiger partial charge in [0.25, 0.3) is 0 Å². The first kappa shape index (κ1) is 25.4. The van der Waals surface area contributed by atoms with E-state index < -0.39 is 40.6 Å². The van der Waals surface area contributed by atoms with Crippen LogP contribution in [0.2, 0.25) is 0 Å². The average molecular weight is 484 g/mol. The molecule has 0 bridgehead atoms. The molecule has 35 heavy (non-hydrogen) atoms. The number of hydrogen-bond acceptors (Lipinski definition) is 8. The summed E-state index contributed by atoms with van der Waals surface area (Å²) in [6, 6.07) is 1.86. The number of fused-ring (bicyclic) bond motifs is 3. The number of Topliss-reactive ketones (excluding diaryl/α,β-unsaturated/α-hetero) is 4. The average Bonchev–Trinajstić information content (AvgIpc) is 2.77. The second kappa shape index (κ2) is 9.08. The van der Waals surface area contributed by atoms with Crippen LogP contribution in [0.5, 0.6) is 5.75 Å². The highest BCUT2D eigenvalue weighted by Gasteiger charge is 2.63. The number of hydroxylamine groups is 1. The Morgan fingerprint density at radius 2 is 1.91 bits per heavy atom. The predicted octanol–water partition coefficient (Wildman–Crippen LogP) is 2.55. The molecule has 1 aromatic carbocycles. The molecule has 0 amide bonds. The number of aromatic hydroxyl groups is 1. The van der Waals surface area contributed by atoms with Crippen LogP contribution in [0.1, 0.15) is 74.5 Å². The van der Waals surface area contributed by atoms with Crippen molar-refractivity contribution in [1.29, 1.82) is 0 Å². The molecule has 3 aliphatic carbocycles. The van der Waals surface area contributed by atoms with Crippen LogP contribution >= 0.6 is 0 Å². The third-order valence-corrected chi connectivity index (χ3v) is 7.75. The molecule has 4 atom stereocenters. The smallest absolute Gasteiger partial charge is 0.205 e. The van der Waals surface area contributed by atoms with Crippen LogP contribution in [0.15, 0.2) is 17.2 Å². The van der Waals surface area contributed by atoms with Gasteiger partial charge in [-0.1, -0.05) is 18.6 Å². The zero-order chi connectivity index (χ0) is 25.8. The van der Waals surface area contributed by atoms with E-state index in [4.69, 9.17) is 4.84 Å². The van der Waals surface area contributed by atoms with Crippen molar-refractivity contribution < 1.29 is 34.2 Å². The summed E-state index contributed by atoms with van der Waals surface area (Å²) < 4.78 is 0. The van der Waals surface area contributed by atoms with Crippen LogP contribution in [0, 0.1) is 17.8 Å². The Bertz CT molecular complexity index is 1160. The van der Waals surface area contributed by atoms with Crippen molar-refractivity contribution in [3.8, 4) is 5.75 Å². The molecule has 0 spiro atoms. The van der Waals surface area contributed by atoms with Crippen LogP contribution in [-0.2, 0) is 38.6 Å². The van der Waals surface area contributed by atoms with Crippen LogP contribution in [0.3, 0.4) is 0 Å². The summed E-state index contributed by atoms with van der Waals surface area (Å²) in [7, 11) is 0. The van der Waals surface area contributed by atoms with Gasteiger partial charge in [0.2, 0.25) is 5.78 Å². The quantitative estimate of drug-likeness (QED) is 0.320. The first-order valence-corrected chi connectivity index (χ1v) is 12.2. The number of carbonyl (C=O) groups excluding carboxylic acids is 4. The lowest BCUT2D eigenvalue weighted by Crippen LogP contribution is -2.64. The van der Waals surface area contributed by atoms with Crippen LogP contribution in [-0.4, -0.2) is 45.1 Å². The molecule has 1 saturated carbocycles. The highest BCUT2D eigenvalue weighted by Crippen LogP contribution is 2.51. The molecule has 0 heterocycles. The van der Waals surface area contributed by atoms with Gasteiger partial charge in [-0.15, -0.1) is 0 Å². The van der Waals surface area contributed by atoms with Crippen LogP contribution in [0.4, 0.5) is 0 Å². The summed E-state index contributed by atoms with van der Waals surface area (Å²) in [5.41, 5.74) is 3.01. The monoisotopic (exact) mass is 483 g/mol. The maximum Gasteiger partial charge on any atom is 0.205 e. The van der Waals surface area contributed by atoms with Gasteiger partial charge in [-0.05, 0) is 70.4 Å². The molecule has 0 aromatic heterocycles. The first-order chi connectivity index (χ1) is 16.4. The number of phenols is 1. The lowest BCUT2D eigenvalue weighted by molar-refractivity contribution is -0.165. The summed E-state index contributed by atoms with van der Waals surface area (Å²) in [6.07, 6.45) is 1.51. The van der Waals surface area contributed by atoms with Gasteiger partial charge in [0, 0.05) is 18.0 Å². The van der Waals surface area contributed by atoms with Crippen LogP contribution < -0.4 is 5.48 Å². The Hall–Kier alpha value is -2.68. The number of hydrogen-bond donors (Lipinski definition) is 3. The van der Waals surface area contributed by atoms with Crippen molar-refractivity contribution in [1.82, 2.24) is 5.48 Å². The number of aliphatic hydroxyl groups is 1. The fraction of sp³-hybridized carbons (Fsp3) is 0.556. The zero-order valence-corrected chi connectivity index (χ0v) is 20.9. The molecule has 4 rings (SSSR count). The van der Waals surface area contributed by atoms with E-state index in [2.05, 4.69) is 5.48 Å². The van der Waals surface area contributed by atoms with Gasteiger partial charge in [0.15, 0.2) is 23.0 Å². The number of nitrogens with one attached hydrogen (secondary N) is 1. The Balaban J connectivity index is 1.77. The molecular weight excluding hydrogens is 450 g/mol. The van der Waals surface area contributed by atoms with Gasteiger partial charge < -0.3 is 10.2 Å². The summed E-state index contributed by atoms with van der Waals surface area (Å²) in [6.45, 7) is 8.76. The number of allylic oxidation sites excluding steroid dienone is 1. The van der Waals surface area contributed by atoms with Crippen molar-refractivity contribution in [2.24, 2.45) is 17.8 Å². The minimum absolute atomic E-state index is 0.0815. The third-order valence-electron chi connectivity index (χ3n) is 7.75. The molecule has 0 saturated heterocycles. The van der Waals surface area contributed by atoms with Gasteiger partial charge in [0.05, 0.1) is 23.2 Å². The number of phenolic OH excluding ortho intramolecular Hbond substituents is 1. The largest absolute Gasteiger partial charge is 0.507 e. The maximum atomic E-state index is 13.8. The minimum Gasteiger partial charge on any atom is -0.507 e. The number of ketones is 4. The lowest BCUT2D eigenvalue weighted by Gasteiger charge is -2.48. The highest BCUT2D eigenvalue weighted by molar-refractivity contribution is 6.32. The van der Waals surface area contributed by atoms with E-state index in [9.17, 15) is 29.4 Å². The fourth-order valence-corrected chi connectivity index (χ4v) is 6.19. The van der Waals surface area contributed by atoms with E-state index in [-0.39, 0.29) is 41.9 Å². The zero-order valence-electron chi connectivity index (χ0n) is 20.9. The Kier molecular flexibility index (Phi) is 6.59. The second-order valence-corrected chi connectivity index (χ2v) is 10.4. The van der Waals surface area contributed by atoms with Crippen LogP contribution in [0.25, 0.3) is 0 Å². The Morgan fingerprint density at radius 1 is 1.23 bits per heavy atom. The van der Waals surface area contributed by atoms with Gasteiger partial charge >= 0.3 is 0 Å². The van der Waals surface area contributed by atoms with Gasteiger partial charge in [-0.25, -0.2) is 0 Å². The second-order valence-electron chi connectivity index (χ2n) is 10.4. The van der Waals surface area contributed by atoms with E-state index in [1.807, 2.05) is 26.8 Å². The normalized spacial score (nSPS) is 28.2. The van der Waals surface area contributed by atoms with E-state index in [0.717, 1.165) is 11.1 Å². The number of rotatable bonds is 6. The van der Waals surface area contributed by atoms with Gasteiger partial charge in [0.1, 0.15) is 5.75 Å². The molecule has 0 radical (unpaired) electrons. The topological polar surface area (TPSA) is 130 Å². The van der Waals surface area contributed by atoms with Gasteiger partial charge in [-0.3, -0.25) is 24.0 Å². The summed E-state index contributed by atoms with van der Waals surface area (Å²) in [4.78, 5) is 58.2. The number of aryl methyl sites for hydroxylation is 1. The van der Waals surface area contributed by atoms with Crippen molar-refractivity contribution in [2.75, 3.05) is 0 Å². The predicted molar refractivity (Wildman–Crippen MR) is 127 cm³/mol. The molecule has 8 heteroatoms. The van der Waals surface area contributed by atoms with E-state index in [0.29, 0.717) is 30.4 Å². The van der Waals surface area contributed by atoms with Crippen molar-refractivity contribution in [2.45, 2.75) is 78.6 Å². The molecule has 0 aliphatic heterocycles. The minimum atomic E-state index is -2.40. The lowest BCUT2D eigenvalue weighted by atomic mass is 9.54. The molecule has 8 nitrogen and oxygen atoms in total. The van der Waals surface area contributed by atoms with Crippen molar-refractivity contribution >= 4 is 23.1 Å². The molecule has 1 unspecified atom stereocenters. The highest BCUT2D eigenvalue weighted by atomic mass is 16.7. The number of benzene rings is 1. The fourth-order valence-electron chi connectivity index (χ4n) is 6.19. The van der Waals surface area contributed by atoms with Crippen molar-refractivity contribution in [3.05, 3.63) is 39.5 Å². The first-order valence-electron chi connectivity index (χ1n) is 12.2. The van der Waals surface area contributed by atoms with E-state index in [1.54, 1.807) is 6.92 Å². The maximum absolute atomic E-state index is 13.8. The SMILES string of the molecule is CCc1cc(CNOC(C)C)c(O)c2c1C[C@H]1C[C@H]3CC(C)=C(C(C)=O)C(=O)[C@@]3(O)C(=O)C1C2=O.